The lowest BCUT2D eigenvalue weighted by molar-refractivity contribution is -0.384. The lowest BCUT2D eigenvalue weighted by atomic mass is 10.2. The average Bonchev–Trinajstić information content (AvgIpc) is 2.31. The Bertz CT molecular complexity index is 465. The number of nitro benzene ring substituents is 1. The standard InChI is InChI=1S/C11H14ClN3O3/c1-3-13-11(16)7(2)14-10-5-4-8(15(17)18)6-9(10)12/h4-7,14H,3H2,1-2H3,(H,13,16)/t7-/m1/s1. The maximum absolute atomic E-state index is 11.5. The first-order valence-electron chi connectivity index (χ1n) is 5.44. The Hall–Kier alpha value is -1.82. The Balaban J connectivity index is 2.79. The molecule has 1 aromatic carbocycles. The molecule has 0 aliphatic carbocycles. The number of nitro groups is 1. The number of likely N-dealkylation sites (N-methyl/N-ethyl adjacent to an activating group) is 1. The molecule has 1 amide bonds. The number of hydrogen-bond donors (Lipinski definition) is 2. The number of nitrogens with zero attached hydrogens (tertiary/aromatic N) is 1. The molecule has 18 heavy (non-hydrogen) atoms. The molecule has 0 bridgehead atoms. The van der Waals surface area contributed by atoms with Crippen molar-refractivity contribution in [2.24, 2.45) is 0 Å². The molecule has 0 heterocycles. The first-order chi connectivity index (χ1) is 8.45. The van der Waals surface area contributed by atoms with Crippen LogP contribution in [0.1, 0.15) is 13.8 Å². The van der Waals surface area contributed by atoms with Gasteiger partial charge < -0.3 is 10.6 Å². The Morgan fingerprint density at radius 2 is 2.22 bits per heavy atom. The van der Waals surface area contributed by atoms with E-state index in [1.54, 1.807) is 6.92 Å². The molecule has 1 rings (SSSR count). The highest BCUT2D eigenvalue weighted by atomic mass is 35.5. The van der Waals surface area contributed by atoms with Gasteiger partial charge in [-0.25, -0.2) is 0 Å². The molecule has 1 aromatic rings. The molecular weight excluding hydrogens is 258 g/mol. The highest BCUT2D eigenvalue weighted by Gasteiger charge is 2.14. The number of rotatable bonds is 5. The zero-order valence-corrected chi connectivity index (χ0v) is 10.8. The van der Waals surface area contributed by atoms with Crippen molar-refractivity contribution >= 4 is 28.9 Å². The number of nitrogens with one attached hydrogen (secondary N) is 2. The SMILES string of the molecule is CCNC(=O)[C@@H](C)Nc1ccc([N+](=O)[O-])cc1Cl. The number of hydrogen-bond acceptors (Lipinski definition) is 4. The minimum atomic E-state index is -0.525. The summed E-state index contributed by atoms with van der Waals surface area (Å²) in [6.07, 6.45) is 0. The zero-order chi connectivity index (χ0) is 13.7. The van der Waals surface area contributed by atoms with Gasteiger partial charge in [0.25, 0.3) is 5.69 Å². The fraction of sp³-hybridized carbons (Fsp3) is 0.364. The average molecular weight is 272 g/mol. The highest BCUT2D eigenvalue weighted by molar-refractivity contribution is 6.33. The summed E-state index contributed by atoms with van der Waals surface area (Å²) in [6, 6.07) is 3.59. The van der Waals surface area contributed by atoms with Crippen LogP contribution in [0.2, 0.25) is 5.02 Å². The molecule has 98 valence electrons. The van der Waals surface area contributed by atoms with Gasteiger partial charge in [0, 0.05) is 18.7 Å². The van der Waals surface area contributed by atoms with E-state index >= 15 is 0 Å². The van der Waals surface area contributed by atoms with Gasteiger partial charge in [0.15, 0.2) is 0 Å². The van der Waals surface area contributed by atoms with E-state index in [4.69, 9.17) is 11.6 Å². The van der Waals surface area contributed by atoms with Gasteiger partial charge in [-0.1, -0.05) is 11.6 Å². The van der Waals surface area contributed by atoms with Crippen LogP contribution >= 0.6 is 11.6 Å². The number of benzene rings is 1. The lowest BCUT2D eigenvalue weighted by Crippen LogP contribution is -2.37. The third-order valence-electron chi connectivity index (χ3n) is 2.28. The first kappa shape index (κ1) is 14.2. The van der Waals surface area contributed by atoms with Crippen LogP contribution in [0.15, 0.2) is 18.2 Å². The van der Waals surface area contributed by atoms with Crippen molar-refractivity contribution in [2.75, 3.05) is 11.9 Å². The predicted octanol–water partition coefficient (Wildman–Crippen LogP) is 2.18. The van der Waals surface area contributed by atoms with Crippen LogP contribution in [0, 0.1) is 10.1 Å². The Labute approximate surface area is 109 Å². The van der Waals surface area contributed by atoms with Gasteiger partial charge in [-0.15, -0.1) is 0 Å². The lowest BCUT2D eigenvalue weighted by Gasteiger charge is -2.15. The Morgan fingerprint density at radius 3 is 2.72 bits per heavy atom. The van der Waals surface area contributed by atoms with E-state index in [1.165, 1.54) is 18.2 Å². The number of amides is 1. The summed E-state index contributed by atoms with van der Waals surface area (Å²) in [6.45, 7) is 4.05. The molecule has 7 heteroatoms. The van der Waals surface area contributed by atoms with E-state index in [1.807, 2.05) is 6.92 Å². The molecule has 1 atom stereocenters. The van der Waals surface area contributed by atoms with Crippen LogP contribution in [0.25, 0.3) is 0 Å². The second kappa shape index (κ2) is 6.20. The number of halogens is 1. The van der Waals surface area contributed by atoms with Crippen molar-refractivity contribution in [2.45, 2.75) is 19.9 Å². The van der Waals surface area contributed by atoms with Crippen molar-refractivity contribution in [3.8, 4) is 0 Å². The van der Waals surface area contributed by atoms with Gasteiger partial charge in [0.05, 0.1) is 15.6 Å². The maximum Gasteiger partial charge on any atom is 0.271 e. The first-order valence-corrected chi connectivity index (χ1v) is 5.81. The number of carbonyl (C=O) groups excluding carboxylic acids is 1. The minimum absolute atomic E-state index is 0.0868. The van der Waals surface area contributed by atoms with Gasteiger partial charge in [0.2, 0.25) is 5.91 Å². The summed E-state index contributed by atoms with van der Waals surface area (Å²) in [5.41, 5.74) is 0.400. The summed E-state index contributed by atoms with van der Waals surface area (Å²) in [5.74, 6) is -0.160. The van der Waals surface area contributed by atoms with Gasteiger partial charge in [0.1, 0.15) is 6.04 Å². The predicted molar refractivity (Wildman–Crippen MR) is 69.9 cm³/mol. The molecule has 2 N–H and O–H groups in total. The molecule has 6 nitrogen and oxygen atoms in total. The molecule has 0 fully saturated rings. The van der Waals surface area contributed by atoms with Crippen molar-refractivity contribution in [3.63, 3.8) is 0 Å². The van der Waals surface area contributed by atoms with E-state index in [2.05, 4.69) is 10.6 Å². The van der Waals surface area contributed by atoms with Crippen LogP contribution in [0.3, 0.4) is 0 Å². The highest BCUT2D eigenvalue weighted by Crippen LogP contribution is 2.27. The molecular formula is C11H14ClN3O3. The molecule has 0 aliphatic rings. The second-order valence-corrected chi connectivity index (χ2v) is 4.09. The fourth-order valence-electron chi connectivity index (χ4n) is 1.36. The van der Waals surface area contributed by atoms with Crippen LogP contribution < -0.4 is 10.6 Å². The van der Waals surface area contributed by atoms with Gasteiger partial charge >= 0.3 is 0 Å². The van der Waals surface area contributed by atoms with Crippen molar-refractivity contribution in [3.05, 3.63) is 33.3 Å². The van der Waals surface area contributed by atoms with E-state index in [0.29, 0.717) is 12.2 Å². The van der Waals surface area contributed by atoms with E-state index in [9.17, 15) is 14.9 Å². The van der Waals surface area contributed by atoms with Crippen molar-refractivity contribution < 1.29 is 9.72 Å². The number of anilines is 1. The van der Waals surface area contributed by atoms with E-state index in [0.717, 1.165) is 0 Å². The summed E-state index contributed by atoms with van der Waals surface area (Å²) in [5, 5.41) is 16.3. The van der Waals surface area contributed by atoms with Gasteiger partial charge in [-0.3, -0.25) is 14.9 Å². The topological polar surface area (TPSA) is 84.3 Å². The molecule has 0 unspecified atom stereocenters. The Morgan fingerprint density at radius 1 is 1.56 bits per heavy atom. The van der Waals surface area contributed by atoms with Crippen LogP contribution in [0.4, 0.5) is 11.4 Å². The summed E-state index contributed by atoms with van der Waals surface area (Å²) in [7, 11) is 0. The third-order valence-corrected chi connectivity index (χ3v) is 2.59. The van der Waals surface area contributed by atoms with Crippen LogP contribution in [-0.4, -0.2) is 23.4 Å². The molecule has 0 saturated carbocycles. The minimum Gasteiger partial charge on any atom is -0.373 e. The molecule has 0 aromatic heterocycles. The second-order valence-electron chi connectivity index (χ2n) is 3.68. The third kappa shape index (κ3) is 3.59. The van der Waals surface area contributed by atoms with Crippen LogP contribution in [0.5, 0.6) is 0 Å². The summed E-state index contributed by atoms with van der Waals surface area (Å²) < 4.78 is 0. The summed E-state index contributed by atoms with van der Waals surface area (Å²) >= 11 is 5.90. The molecule has 0 aliphatic heterocycles. The van der Waals surface area contributed by atoms with E-state index < -0.39 is 11.0 Å². The normalized spacial score (nSPS) is 11.7. The van der Waals surface area contributed by atoms with E-state index in [-0.39, 0.29) is 16.6 Å². The summed E-state index contributed by atoms with van der Waals surface area (Å²) in [4.78, 5) is 21.5. The number of carbonyl (C=O) groups is 1. The van der Waals surface area contributed by atoms with Crippen molar-refractivity contribution in [1.29, 1.82) is 0 Å². The number of non-ortho nitro benzene ring substituents is 1. The van der Waals surface area contributed by atoms with Gasteiger partial charge in [-0.2, -0.15) is 0 Å². The molecule has 0 spiro atoms. The van der Waals surface area contributed by atoms with Gasteiger partial charge in [-0.05, 0) is 19.9 Å². The quantitative estimate of drug-likeness (QED) is 0.635. The largest absolute Gasteiger partial charge is 0.373 e. The maximum atomic E-state index is 11.5. The van der Waals surface area contributed by atoms with Crippen LogP contribution in [-0.2, 0) is 4.79 Å². The van der Waals surface area contributed by atoms with Crippen molar-refractivity contribution in [1.82, 2.24) is 5.32 Å². The molecule has 0 radical (unpaired) electrons. The monoisotopic (exact) mass is 271 g/mol. The molecule has 0 saturated heterocycles. The fourth-order valence-corrected chi connectivity index (χ4v) is 1.59. The smallest absolute Gasteiger partial charge is 0.271 e. The zero-order valence-electron chi connectivity index (χ0n) is 10.1. The Kier molecular flexibility index (Phi) is 4.91.